The SMILES string of the molecule is Clc1ccccc1-c1nc(-c2cccc(Cn3ccnc3)c2)n(C2CCCOC2)n1. The minimum atomic E-state index is 0.162. The molecule has 4 aromatic rings. The molecular formula is C23H22ClN5O. The molecule has 1 fully saturated rings. The lowest BCUT2D eigenvalue weighted by atomic mass is 10.1. The molecule has 152 valence electrons. The third kappa shape index (κ3) is 3.88. The fourth-order valence-corrected chi connectivity index (χ4v) is 4.07. The highest BCUT2D eigenvalue weighted by Gasteiger charge is 2.23. The number of benzene rings is 2. The second-order valence-corrected chi connectivity index (χ2v) is 7.90. The Morgan fingerprint density at radius 3 is 2.87 bits per heavy atom. The average Bonchev–Trinajstić information content (AvgIpc) is 3.45. The van der Waals surface area contributed by atoms with E-state index in [1.807, 2.05) is 46.0 Å². The second kappa shape index (κ2) is 8.42. The quantitative estimate of drug-likeness (QED) is 0.463. The van der Waals surface area contributed by atoms with Gasteiger partial charge in [-0.05, 0) is 36.6 Å². The molecule has 0 radical (unpaired) electrons. The summed E-state index contributed by atoms with van der Waals surface area (Å²) in [4.78, 5) is 9.05. The van der Waals surface area contributed by atoms with Gasteiger partial charge < -0.3 is 9.30 Å². The summed E-state index contributed by atoms with van der Waals surface area (Å²) in [6, 6.07) is 16.3. The molecule has 1 saturated heterocycles. The molecular weight excluding hydrogens is 398 g/mol. The van der Waals surface area contributed by atoms with Crippen molar-refractivity contribution < 1.29 is 4.74 Å². The highest BCUT2D eigenvalue weighted by atomic mass is 35.5. The van der Waals surface area contributed by atoms with Crippen LogP contribution in [0.5, 0.6) is 0 Å². The number of ether oxygens (including phenoxy) is 1. The molecule has 1 aliphatic rings. The van der Waals surface area contributed by atoms with Crippen LogP contribution in [-0.2, 0) is 11.3 Å². The van der Waals surface area contributed by atoms with Crippen LogP contribution in [0.4, 0.5) is 0 Å². The normalized spacial score (nSPS) is 16.6. The molecule has 2 aromatic carbocycles. The summed E-state index contributed by atoms with van der Waals surface area (Å²) in [5.74, 6) is 1.48. The summed E-state index contributed by atoms with van der Waals surface area (Å²) in [5, 5.41) is 5.52. The van der Waals surface area contributed by atoms with Crippen LogP contribution in [0, 0.1) is 0 Å². The van der Waals surface area contributed by atoms with Gasteiger partial charge in [-0.25, -0.2) is 14.6 Å². The molecule has 0 bridgehead atoms. The predicted molar refractivity (Wildman–Crippen MR) is 116 cm³/mol. The summed E-state index contributed by atoms with van der Waals surface area (Å²) in [5.41, 5.74) is 3.05. The van der Waals surface area contributed by atoms with E-state index < -0.39 is 0 Å². The van der Waals surface area contributed by atoms with Gasteiger partial charge in [-0.15, -0.1) is 0 Å². The number of imidazole rings is 1. The largest absolute Gasteiger partial charge is 0.379 e. The van der Waals surface area contributed by atoms with Crippen molar-refractivity contribution in [2.45, 2.75) is 25.4 Å². The van der Waals surface area contributed by atoms with Crippen LogP contribution in [0.3, 0.4) is 0 Å². The van der Waals surface area contributed by atoms with Gasteiger partial charge in [-0.2, -0.15) is 5.10 Å². The van der Waals surface area contributed by atoms with Gasteiger partial charge in [-0.3, -0.25) is 0 Å². The van der Waals surface area contributed by atoms with Crippen molar-refractivity contribution in [2.24, 2.45) is 0 Å². The summed E-state index contributed by atoms with van der Waals surface area (Å²) < 4.78 is 9.81. The van der Waals surface area contributed by atoms with Gasteiger partial charge in [0.05, 0.1) is 24.0 Å². The molecule has 7 heteroatoms. The Morgan fingerprint density at radius 1 is 1.13 bits per heavy atom. The van der Waals surface area contributed by atoms with E-state index in [2.05, 4.69) is 29.2 Å². The molecule has 0 spiro atoms. The lowest BCUT2D eigenvalue weighted by molar-refractivity contribution is 0.0555. The van der Waals surface area contributed by atoms with E-state index in [0.29, 0.717) is 17.5 Å². The fraction of sp³-hybridized carbons (Fsp3) is 0.261. The van der Waals surface area contributed by atoms with Crippen molar-refractivity contribution in [1.29, 1.82) is 0 Å². The van der Waals surface area contributed by atoms with E-state index in [-0.39, 0.29) is 6.04 Å². The molecule has 30 heavy (non-hydrogen) atoms. The Hall–Kier alpha value is -2.96. The molecule has 1 unspecified atom stereocenters. The molecule has 0 aliphatic carbocycles. The van der Waals surface area contributed by atoms with E-state index >= 15 is 0 Å². The summed E-state index contributed by atoms with van der Waals surface area (Å²) in [6.07, 6.45) is 7.62. The van der Waals surface area contributed by atoms with Crippen LogP contribution in [0.2, 0.25) is 5.02 Å². The first-order valence-corrected chi connectivity index (χ1v) is 10.5. The molecule has 0 amide bonds. The van der Waals surface area contributed by atoms with E-state index in [1.54, 1.807) is 6.20 Å². The van der Waals surface area contributed by atoms with E-state index in [4.69, 9.17) is 26.4 Å². The molecule has 6 nitrogen and oxygen atoms in total. The van der Waals surface area contributed by atoms with Crippen molar-refractivity contribution in [3.8, 4) is 22.8 Å². The van der Waals surface area contributed by atoms with Crippen LogP contribution in [0.15, 0.2) is 67.3 Å². The summed E-state index contributed by atoms with van der Waals surface area (Å²) in [7, 11) is 0. The van der Waals surface area contributed by atoms with Gasteiger partial charge in [0.1, 0.15) is 0 Å². The van der Waals surface area contributed by atoms with Gasteiger partial charge >= 0.3 is 0 Å². The first-order valence-electron chi connectivity index (χ1n) is 10.1. The molecule has 2 aromatic heterocycles. The molecule has 0 N–H and O–H groups in total. The van der Waals surface area contributed by atoms with Crippen LogP contribution in [0.1, 0.15) is 24.4 Å². The molecule has 1 atom stereocenters. The van der Waals surface area contributed by atoms with Gasteiger partial charge in [-0.1, -0.05) is 41.9 Å². The van der Waals surface area contributed by atoms with Gasteiger partial charge in [0.25, 0.3) is 0 Å². The van der Waals surface area contributed by atoms with Crippen molar-refractivity contribution in [1.82, 2.24) is 24.3 Å². The number of hydrogen-bond donors (Lipinski definition) is 0. The minimum absolute atomic E-state index is 0.162. The molecule has 3 heterocycles. The summed E-state index contributed by atoms with van der Waals surface area (Å²) in [6.45, 7) is 2.21. The smallest absolute Gasteiger partial charge is 0.183 e. The highest BCUT2D eigenvalue weighted by Crippen LogP contribution is 2.31. The second-order valence-electron chi connectivity index (χ2n) is 7.49. The van der Waals surface area contributed by atoms with Crippen LogP contribution < -0.4 is 0 Å². The fourth-order valence-electron chi connectivity index (χ4n) is 3.85. The lowest BCUT2D eigenvalue weighted by Crippen LogP contribution is -2.23. The van der Waals surface area contributed by atoms with E-state index in [1.165, 1.54) is 5.56 Å². The Morgan fingerprint density at radius 2 is 2.07 bits per heavy atom. The molecule has 5 rings (SSSR count). The Kier molecular flexibility index (Phi) is 5.34. The van der Waals surface area contributed by atoms with Crippen molar-refractivity contribution in [2.75, 3.05) is 13.2 Å². The van der Waals surface area contributed by atoms with Gasteiger partial charge in [0, 0.05) is 36.7 Å². The van der Waals surface area contributed by atoms with E-state index in [0.717, 1.165) is 42.9 Å². The number of halogens is 1. The van der Waals surface area contributed by atoms with Crippen LogP contribution in [-0.4, -0.2) is 37.5 Å². The monoisotopic (exact) mass is 419 g/mol. The molecule has 1 aliphatic heterocycles. The van der Waals surface area contributed by atoms with Crippen LogP contribution in [0.25, 0.3) is 22.8 Å². The van der Waals surface area contributed by atoms with Gasteiger partial charge in [0.15, 0.2) is 11.6 Å². The number of nitrogens with zero attached hydrogens (tertiary/aromatic N) is 5. The number of hydrogen-bond acceptors (Lipinski definition) is 4. The van der Waals surface area contributed by atoms with E-state index in [9.17, 15) is 0 Å². The topological polar surface area (TPSA) is 57.8 Å². The average molecular weight is 420 g/mol. The summed E-state index contributed by atoms with van der Waals surface area (Å²) >= 11 is 6.43. The first-order chi connectivity index (χ1) is 14.8. The Bertz CT molecular complexity index is 1130. The number of aromatic nitrogens is 5. The standard InChI is InChI=1S/C23H22ClN5O/c24-21-9-2-1-8-20(21)22-26-23(29(27-22)19-7-4-12-30-15-19)18-6-3-5-17(13-18)14-28-11-10-25-16-28/h1-3,5-6,8-11,13,16,19H,4,7,12,14-15H2. The van der Waals surface area contributed by atoms with Gasteiger partial charge in [0.2, 0.25) is 0 Å². The number of rotatable bonds is 5. The molecule has 0 saturated carbocycles. The Balaban J connectivity index is 1.57. The predicted octanol–water partition coefficient (Wildman–Crippen LogP) is 4.86. The maximum atomic E-state index is 6.43. The zero-order valence-electron chi connectivity index (χ0n) is 16.5. The Labute approximate surface area is 180 Å². The highest BCUT2D eigenvalue weighted by molar-refractivity contribution is 6.33. The lowest BCUT2D eigenvalue weighted by Gasteiger charge is -2.23. The van der Waals surface area contributed by atoms with Crippen molar-refractivity contribution >= 4 is 11.6 Å². The maximum Gasteiger partial charge on any atom is 0.183 e. The van der Waals surface area contributed by atoms with Crippen LogP contribution >= 0.6 is 11.6 Å². The first kappa shape index (κ1) is 19.0. The van der Waals surface area contributed by atoms with Crippen molar-refractivity contribution in [3.05, 3.63) is 77.8 Å². The minimum Gasteiger partial charge on any atom is -0.379 e. The third-order valence-electron chi connectivity index (χ3n) is 5.34. The zero-order valence-corrected chi connectivity index (χ0v) is 17.2. The third-order valence-corrected chi connectivity index (χ3v) is 5.67. The zero-order chi connectivity index (χ0) is 20.3. The maximum absolute atomic E-state index is 6.43. The van der Waals surface area contributed by atoms with Crippen molar-refractivity contribution in [3.63, 3.8) is 0 Å².